The fraction of sp³-hybridized carbons (Fsp3) is 0.500. The summed E-state index contributed by atoms with van der Waals surface area (Å²) in [6.07, 6.45) is 7.61. The maximum absolute atomic E-state index is 13.3. The van der Waals surface area contributed by atoms with Crippen LogP contribution in [0.4, 0.5) is 16.2 Å². The van der Waals surface area contributed by atoms with Gasteiger partial charge in [0.15, 0.2) is 0 Å². The normalized spacial score (nSPS) is 18.2. The Bertz CT molecular complexity index is 928. The van der Waals surface area contributed by atoms with Crippen LogP contribution in [0.15, 0.2) is 24.4 Å². The Hall–Kier alpha value is -2.45. The van der Waals surface area contributed by atoms with Crippen molar-refractivity contribution in [3.05, 3.63) is 46.4 Å². The minimum Gasteiger partial charge on any atom is -0.383 e. The monoisotopic (exact) mass is 446 g/mol. The van der Waals surface area contributed by atoms with E-state index >= 15 is 0 Å². The van der Waals surface area contributed by atoms with E-state index in [1.54, 1.807) is 6.07 Å². The van der Waals surface area contributed by atoms with Gasteiger partial charge in [0.2, 0.25) is 5.95 Å². The predicted molar refractivity (Wildman–Crippen MR) is 120 cm³/mol. The molecule has 0 atom stereocenters. The lowest BCUT2D eigenvalue weighted by Gasteiger charge is -2.40. The number of halogens is 2. The fourth-order valence-electron chi connectivity index (χ4n) is 4.35. The van der Waals surface area contributed by atoms with Gasteiger partial charge in [-0.15, -0.1) is 0 Å². The molecule has 9 heteroatoms. The zero-order chi connectivity index (χ0) is 21.8. The maximum Gasteiger partial charge on any atom is 0.256 e. The van der Waals surface area contributed by atoms with Crippen LogP contribution in [-0.2, 0) is 6.54 Å². The summed E-state index contributed by atoms with van der Waals surface area (Å²) in [4.78, 5) is 26.0. The number of nitrogen functional groups attached to an aromatic ring is 1. The molecule has 4 rings (SSSR count). The Morgan fingerprint density at radius 1 is 1.19 bits per heavy atom. The Morgan fingerprint density at radius 2 is 1.94 bits per heavy atom. The van der Waals surface area contributed by atoms with Crippen LogP contribution in [0.2, 0.25) is 5.02 Å². The molecule has 2 aliphatic rings. The van der Waals surface area contributed by atoms with Crippen molar-refractivity contribution in [3.63, 3.8) is 0 Å². The van der Waals surface area contributed by atoms with Crippen molar-refractivity contribution in [2.24, 2.45) is 0 Å². The van der Waals surface area contributed by atoms with Crippen LogP contribution in [-0.4, -0.2) is 53.0 Å². The van der Waals surface area contributed by atoms with Crippen LogP contribution in [0.1, 0.15) is 48.0 Å². The number of nitrogens with two attached hydrogens (primary N) is 1. The molecule has 2 aliphatic heterocycles. The molecule has 0 bridgehead atoms. The van der Waals surface area contributed by atoms with E-state index in [1.807, 2.05) is 0 Å². The largest absolute Gasteiger partial charge is 0.383 e. The number of likely N-dealkylation sites (tertiary alicyclic amines) is 1. The molecule has 0 saturated carbocycles. The number of carbonyl (C=O) groups excluding carboxylic acids is 1. The first kappa shape index (κ1) is 21.8. The Morgan fingerprint density at radius 3 is 2.61 bits per heavy atom. The number of carbonyl (C=O) groups is 1. The van der Waals surface area contributed by atoms with Crippen molar-refractivity contribution in [1.29, 1.82) is 0 Å². The standard InChI is InChI=1S/C22H28ClFN6O/c23-18-12-15(4-5-19(18)24)13-26-21(31)17-14-27-22(28-20(17)25)30-10-6-16(7-11-30)29-8-2-1-3-9-29/h4-5,12,14,16H,1-3,6-11,13H2,(H,26,31)(H2,25,27,28). The topological polar surface area (TPSA) is 87.4 Å². The maximum atomic E-state index is 13.3. The van der Waals surface area contributed by atoms with E-state index in [-0.39, 0.29) is 28.9 Å². The number of anilines is 2. The third-order valence-corrected chi connectivity index (χ3v) is 6.43. The molecule has 0 unspecified atom stereocenters. The van der Waals surface area contributed by atoms with Gasteiger partial charge in [-0.3, -0.25) is 4.79 Å². The van der Waals surface area contributed by atoms with Crippen LogP contribution in [0.5, 0.6) is 0 Å². The first-order valence-electron chi connectivity index (χ1n) is 10.8. The second-order valence-corrected chi connectivity index (χ2v) is 8.62. The first-order valence-corrected chi connectivity index (χ1v) is 11.2. The summed E-state index contributed by atoms with van der Waals surface area (Å²) in [6, 6.07) is 4.95. The number of hydrogen-bond donors (Lipinski definition) is 2. The number of amides is 1. The van der Waals surface area contributed by atoms with E-state index in [0.717, 1.165) is 25.9 Å². The minimum absolute atomic E-state index is 0.0167. The van der Waals surface area contributed by atoms with E-state index in [0.29, 0.717) is 17.6 Å². The molecule has 31 heavy (non-hydrogen) atoms. The molecule has 166 valence electrons. The second-order valence-electron chi connectivity index (χ2n) is 8.21. The SMILES string of the molecule is Nc1nc(N2CCC(N3CCCCC3)CC2)ncc1C(=O)NCc1ccc(F)c(Cl)c1. The molecule has 7 nitrogen and oxygen atoms in total. The zero-order valence-corrected chi connectivity index (χ0v) is 18.2. The van der Waals surface area contributed by atoms with Gasteiger partial charge in [0.05, 0.1) is 10.6 Å². The van der Waals surface area contributed by atoms with Gasteiger partial charge in [-0.1, -0.05) is 24.1 Å². The smallest absolute Gasteiger partial charge is 0.256 e. The number of piperidine rings is 2. The van der Waals surface area contributed by atoms with E-state index in [9.17, 15) is 9.18 Å². The highest BCUT2D eigenvalue weighted by Gasteiger charge is 2.27. The fourth-order valence-corrected chi connectivity index (χ4v) is 4.56. The summed E-state index contributed by atoms with van der Waals surface area (Å²) >= 11 is 5.78. The number of aromatic nitrogens is 2. The summed E-state index contributed by atoms with van der Waals surface area (Å²) in [5.74, 6) is -0.160. The number of rotatable bonds is 5. The van der Waals surface area contributed by atoms with Crippen molar-refractivity contribution in [3.8, 4) is 0 Å². The van der Waals surface area contributed by atoms with Gasteiger partial charge >= 0.3 is 0 Å². The minimum atomic E-state index is -0.495. The first-order chi connectivity index (χ1) is 15.0. The van der Waals surface area contributed by atoms with Crippen molar-refractivity contribution in [1.82, 2.24) is 20.2 Å². The van der Waals surface area contributed by atoms with E-state index in [4.69, 9.17) is 17.3 Å². The van der Waals surface area contributed by atoms with Crippen LogP contribution in [0.3, 0.4) is 0 Å². The number of nitrogens with one attached hydrogen (secondary N) is 1. The van der Waals surface area contributed by atoms with Crippen LogP contribution >= 0.6 is 11.6 Å². The molecule has 2 aromatic rings. The number of benzene rings is 1. The molecular formula is C22H28ClFN6O. The van der Waals surface area contributed by atoms with Gasteiger partial charge in [0.1, 0.15) is 11.6 Å². The number of hydrogen-bond acceptors (Lipinski definition) is 6. The van der Waals surface area contributed by atoms with Crippen LogP contribution < -0.4 is 16.0 Å². The molecule has 2 saturated heterocycles. The molecule has 0 aliphatic carbocycles. The zero-order valence-electron chi connectivity index (χ0n) is 17.5. The average Bonchev–Trinajstić information content (AvgIpc) is 2.80. The summed E-state index contributed by atoms with van der Waals surface area (Å²) in [5, 5.41) is 2.76. The molecule has 3 heterocycles. The van der Waals surface area contributed by atoms with Gasteiger partial charge < -0.3 is 20.9 Å². The summed E-state index contributed by atoms with van der Waals surface area (Å²) in [6.45, 7) is 4.39. The highest BCUT2D eigenvalue weighted by molar-refractivity contribution is 6.30. The van der Waals surface area contributed by atoms with Gasteiger partial charge in [0, 0.05) is 31.9 Å². The third kappa shape index (κ3) is 5.25. The van der Waals surface area contributed by atoms with Crippen LogP contribution in [0.25, 0.3) is 0 Å². The van der Waals surface area contributed by atoms with E-state index < -0.39 is 5.82 Å². The molecule has 0 radical (unpaired) electrons. The summed E-state index contributed by atoms with van der Waals surface area (Å²) in [5.41, 5.74) is 6.98. The Balaban J connectivity index is 1.33. The molecule has 1 amide bonds. The lowest BCUT2D eigenvalue weighted by molar-refractivity contribution is 0.0951. The van der Waals surface area contributed by atoms with Crippen molar-refractivity contribution in [2.75, 3.05) is 36.8 Å². The molecule has 0 spiro atoms. The van der Waals surface area contributed by atoms with Crippen molar-refractivity contribution in [2.45, 2.75) is 44.7 Å². The Kier molecular flexibility index (Phi) is 6.87. The van der Waals surface area contributed by atoms with E-state index in [1.165, 1.54) is 50.7 Å². The van der Waals surface area contributed by atoms with Gasteiger partial charge in [0.25, 0.3) is 5.91 Å². The molecule has 2 fully saturated rings. The second kappa shape index (κ2) is 9.78. The quantitative estimate of drug-likeness (QED) is 0.733. The van der Waals surface area contributed by atoms with Crippen molar-refractivity contribution >= 4 is 29.3 Å². The van der Waals surface area contributed by atoms with Crippen molar-refractivity contribution < 1.29 is 9.18 Å². The molecular weight excluding hydrogens is 419 g/mol. The van der Waals surface area contributed by atoms with E-state index in [2.05, 4.69) is 25.1 Å². The predicted octanol–water partition coefficient (Wildman–Crippen LogP) is 3.24. The summed E-state index contributed by atoms with van der Waals surface area (Å²) < 4.78 is 13.3. The van der Waals surface area contributed by atoms with Gasteiger partial charge in [-0.2, -0.15) is 4.98 Å². The highest BCUT2D eigenvalue weighted by atomic mass is 35.5. The molecule has 1 aromatic carbocycles. The highest BCUT2D eigenvalue weighted by Crippen LogP contribution is 2.24. The average molecular weight is 447 g/mol. The molecule has 1 aromatic heterocycles. The summed E-state index contributed by atoms with van der Waals surface area (Å²) in [7, 11) is 0. The lowest BCUT2D eigenvalue weighted by atomic mass is 10.0. The molecule has 3 N–H and O–H groups in total. The number of nitrogens with zero attached hydrogens (tertiary/aromatic N) is 4. The lowest BCUT2D eigenvalue weighted by Crippen LogP contribution is -2.47. The van der Waals surface area contributed by atoms with Gasteiger partial charge in [-0.25, -0.2) is 9.37 Å². The third-order valence-electron chi connectivity index (χ3n) is 6.14. The van der Waals surface area contributed by atoms with Gasteiger partial charge in [-0.05, 0) is 56.5 Å². The van der Waals surface area contributed by atoms with Crippen LogP contribution in [0, 0.1) is 5.82 Å². The Labute approximate surface area is 186 Å².